The second kappa shape index (κ2) is 3.30. The fourth-order valence-electron chi connectivity index (χ4n) is 2.33. The third kappa shape index (κ3) is 1.24. The molecule has 0 bridgehead atoms. The lowest BCUT2D eigenvalue weighted by molar-refractivity contribution is 0.289. The van der Waals surface area contributed by atoms with Crippen LogP contribution in [0.5, 0.6) is 5.75 Å². The summed E-state index contributed by atoms with van der Waals surface area (Å²) in [6, 6.07) is 6.39. The van der Waals surface area contributed by atoms with Gasteiger partial charge in [-0.25, -0.2) is 0 Å². The molecule has 15 heavy (non-hydrogen) atoms. The predicted molar refractivity (Wildman–Crippen MR) is 61.1 cm³/mol. The lowest BCUT2D eigenvalue weighted by Crippen LogP contribution is -2.08. The second-order valence-electron chi connectivity index (χ2n) is 3.94. The molecule has 2 aromatic rings. The van der Waals surface area contributed by atoms with E-state index in [0.29, 0.717) is 0 Å². The fraction of sp³-hybridized carbons (Fsp3) is 0.308. The highest BCUT2D eigenvalue weighted by molar-refractivity contribution is 5.86. The molecule has 1 aromatic heterocycles. The number of ether oxygens (including phenoxy) is 1. The quantitative estimate of drug-likeness (QED) is 0.690. The van der Waals surface area contributed by atoms with Crippen LogP contribution in [0.2, 0.25) is 0 Å². The van der Waals surface area contributed by atoms with Gasteiger partial charge in [0.15, 0.2) is 0 Å². The van der Waals surface area contributed by atoms with Crippen LogP contribution in [0, 0.1) is 6.92 Å². The van der Waals surface area contributed by atoms with E-state index >= 15 is 0 Å². The van der Waals surface area contributed by atoms with Crippen LogP contribution in [0.1, 0.15) is 12.0 Å². The van der Waals surface area contributed by atoms with Crippen molar-refractivity contribution < 1.29 is 4.74 Å². The fourth-order valence-corrected chi connectivity index (χ4v) is 2.33. The van der Waals surface area contributed by atoms with Crippen molar-refractivity contribution >= 4 is 10.9 Å². The largest absolute Gasteiger partial charge is 0.493 e. The van der Waals surface area contributed by atoms with E-state index in [9.17, 15) is 0 Å². The van der Waals surface area contributed by atoms with Crippen LogP contribution >= 0.6 is 0 Å². The van der Waals surface area contributed by atoms with Gasteiger partial charge in [0.25, 0.3) is 0 Å². The zero-order valence-corrected chi connectivity index (χ0v) is 8.70. The number of rotatable bonds is 1. The SMILES string of the molecule is [CH2]Cn1ccc2c3c(ccc21)OCCC3. The van der Waals surface area contributed by atoms with E-state index in [2.05, 4.69) is 35.9 Å². The lowest BCUT2D eigenvalue weighted by atomic mass is 10.0. The molecule has 0 saturated heterocycles. The normalized spacial score (nSPS) is 15.0. The van der Waals surface area contributed by atoms with Crippen LogP contribution in [0.25, 0.3) is 10.9 Å². The molecule has 0 fully saturated rings. The van der Waals surface area contributed by atoms with Crippen molar-refractivity contribution in [2.24, 2.45) is 0 Å². The van der Waals surface area contributed by atoms with Gasteiger partial charge in [0.1, 0.15) is 5.75 Å². The van der Waals surface area contributed by atoms with Crippen LogP contribution in [-0.2, 0) is 13.0 Å². The molecule has 0 atom stereocenters. The van der Waals surface area contributed by atoms with E-state index < -0.39 is 0 Å². The van der Waals surface area contributed by atoms with Crippen LogP contribution in [0.15, 0.2) is 24.4 Å². The van der Waals surface area contributed by atoms with Gasteiger partial charge in [-0.3, -0.25) is 0 Å². The number of nitrogens with zero attached hydrogens (tertiary/aromatic N) is 1. The Kier molecular flexibility index (Phi) is 1.94. The highest BCUT2D eigenvalue weighted by Crippen LogP contribution is 2.32. The summed E-state index contributed by atoms with van der Waals surface area (Å²) in [5, 5.41) is 1.33. The molecule has 0 spiro atoms. The smallest absolute Gasteiger partial charge is 0.123 e. The van der Waals surface area contributed by atoms with Gasteiger partial charge < -0.3 is 9.30 Å². The Morgan fingerprint density at radius 3 is 3.13 bits per heavy atom. The Bertz CT molecular complexity index is 498. The van der Waals surface area contributed by atoms with E-state index in [1.807, 2.05) is 0 Å². The average Bonchev–Trinajstić information content (AvgIpc) is 2.72. The van der Waals surface area contributed by atoms with Gasteiger partial charge in [0.05, 0.1) is 6.61 Å². The molecule has 1 aromatic carbocycles. The summed E-state index contributed by atoms with van der Waals surface area (Å²) < 4.78 is 7.82. The monoisotopic (exact) mass is 200 g/mol. The number of hydrogen-bond donors (Lipinski definition) is 0. The Morgan fingerprint density at radius 1 is 1.33 bits per heavy atom. The second-order valence-corrected chi connectivity index (χ2v) is 3.94. The Hall–Kier alpha value is -1.44. The first kappa shape index (κ1) is 8.84. The molecule has 2 heterocycles. The van der Waals surface area contributed by atoms with Crippen molar-refractivity contribution in [3.63, 3.8) is 0 Å². The summed E-state index contributed by atoms with van der Waals surface area (Å²) in [4.78, 5) is 0. The molecule has 2 nitrogen and oxygen atoms in total. The van der Waals surface area contributed by atoms with Gasteiger partial charge in [-0.1, -0.05) is 0 Å². The lowest BCUT2D eigenvalue weighted by Gasteiger charge is -2.18. The van der Waals surface area contributed by atoms with E-state index in [1.54, 1.807) is 0 Å². The van der Waals surface area contributed by atoms with Crippen molar-refractivity contribution in [2.45, 2.75) is 19.4 Å². The molecule has 0 saturated carbocycles. The summed E-state index contributed by atoms with van der Waals surface area (Å²) >= 11 is 0. The van der Waals surface area contributed by atoms with Crippen LogP contribution in [0.3, 0.4) is 0 Å². The first-order chi connectivity index (χ1) is 7.40. The minimum Gasteiger partial charge on any atom is -0.493 e. The molecule has 0 aliphatic carbocycles. The summed E-state index contributed by atoms with van der Waals surface area (Å²) in [6.07, 6.45) is 4.36. The predicted octanol–water partition coefficient (Wildman–Crippen LogP) is 2.80. The van der Waals surface area contributed by atoms with Crippen LogP contribution in [0.4, 0.5) is 0 Å². The molecular formula is C13H14NO. The van der Waals surface area contributed by atoms with Crippen molar-refractivity contribution in [2.75, 3.05) is 6.61 Å². The zero-order valence-electron chi connectivity index (χ0n) is 8.70. The molecule has 1 radical (unpaired) electrons. The van der Waals surface area contributed by atoms with Gasteiger partial charge in [-0.2, -0.15) is 0 Å². The number of aryl methyl sites for hydroxylation is 1. The Morgan fingerprint density at radius 2 is 2.27 bits per heavy atom. The maximum Gasteiger partial charge on any atom is 0.123 e. The van der Waals surface area contributed by atoms with Crippen molar-refractivity contribution in [1.82, 2.24) is 4.57 Å². The van der Waals surface area contributed by atoms with E-state index in [0.717, 1.165) is 31.7 Å². The third-order valence-electron chi connectivity index (χ3n) is 3.09. The molecular weight excluding hydrogens is 186 g/mol. The van der Waals surface area contributed by atoms with Crippen molar-refractivity contribution in [3.05, 3.63) is 36.9 Å². The Balaban J connectivity index is 2.28. The average molecular weight is 200 g/mol. The topological polar surface area (TPSA) is 14.2 Å². The van der Waals surface area contributed by atoms with Gasteiger partial charge in [0.2, 0.25) is 0 Å². The maximum absolute atomic E-state index is 5.65. The summed E-state index contributed by atoms with van der Waals surface area (Å²) in [7, 11) is 0. The number of benzene rings is 1. The minimum atomic E-state index is 0.781. The van der Waals surface area contributed by atoms with Crippen LogP contribution in [-0.4, -0.2) is 11.2 Å². The van der Waals surface area contributed by atoms with Gasteiger partial charge >= 0.3 is 0 Å². The molecule has 3 rings (SSSR count). The zero-order chi connectivity index (χ0) is 10.3. The summed E-state index contributed by atoms with van der Waals surface area (Å²) in [6.45, 7) is 5.56. The van der Waals surface area contributed by atoms with Gasteiger partial charge in [-0.15, -0.1) is 0 Å². The molecule has 0 unspecified atom stereocenters. The minimum absolute atomic E-state index is 0.781. The highest BCUT2D eigenvalue weighted by Gasteiger charge is 2.14. The van der Waals surface area contributed by atoms with Crippen molar-refractivity contribution in [1.29, 1.82) is 0 Å². The standard InChI is InChI=1S/C13H14NO/c1-2-14-8-7-10-11-4-3-9-15-13(11)6-5-12(10)14/h5-8H,1-4,9H2. The van der Waals surface area contributed by atoms with Gasteiger partial charge in [0, 0.05) is 29.2 Å². The first-order valence-corrected chi connectivity index (χ1v) is 5.43. The molecule has 0 N–H and O–H groups in total. The Labute approximate surface area is 89.5 Å². The van der Waals surface area contributed by atoms with E-state index in [-0.39, 0.29) is 0 Å². The number of hydrogen-bond acceptors (Lipinski definition) is 1. The van der Waals surface area contributed by atoms with Crippen LogP contribution < -0.4 is 4.74 Å². The van der Waals surface area contributed by atoms with Crippen molar-refractivity contribution in [3.8, 4) is 5.75 Å². The van der Waals surface area contributed by atoms with E-state index in [4.69, 9.17) is 4.74 Å². The first-order valence-electron chi connectivity index (χ1n) is 5.43. The number of fused-ring (bicyclic) bond motifs is 3. The molecule has 1 aliphatic rings. The number of aromatic nitrogens is 1. The van der Waals surface area contributed by atoms with E-state index in [1.165, 1.54) is 16.5 Å². The molecule has 0 amide bonds. The molecule has 77 valence electrons. The summed E-state index contributed by atoms with van der Waals surface area (Å²) in [5.74, 6) is 1.07. The van der Waals surface area contributed by atoms with Gasteiger partial charge in [-0.05, 0) is 38.0 Å². The maximum atomic E-state index is 5.65. The molecule has 2 heteroatoms. The third-order valence-corrected chi connectivity index (χ3v) is 3.09. The highest BCUT2D eigenvalue weighted by atomic mass is 16.5. The summed E-state index contributed by atoms with van der Waals surface area (Å²) in [5.41, 5.74) is 2.64. The molecule has 1 aliphatic heterocycles.